The van der Waals surface area contributed by atoms with Crippen LogP contribution < -0.4 is 9.47 Å². The molecule has 0 radical (unpaired) electrons. The minimum absolute atomic E-state index is 0.512. The fourth-order valence-corrected chi connectivity index (χ4v) is 4.80. The van der Waals surface area contributed by atoms with E-state index in [1.165, 1.54) is 28.1 Å². The van der Waals surface area contributed by atoms with Gasteiger partial charge in [-0.1, -0.05) is 12.1 Å². The first-order chi connectivity index (χ1) is 12.8. The summed E-state index contributed by atoms with van der Waals surface area (Å²) in [5.41, 5.74) is 2.30. The zero-order valence-corrected chi connectivity index (χ0v) is 16.1. The third-order valence-electron chi connectivity index (χ3n) is 5.05. The van der Waals surface area contributed by atoms with Crippen LogP contribution in [0.25, 0.3) is 10.2 Å². The molecule has 26 heavy (non-hydrogen) atoms. The summed E-state index contributed by atoms with van der Waals surface area (Å²) in [5.74, 6) is 2.31. The molecule has 0 N–H and O–H groups in total. The van der Waals surface area contributed by atoms with Gasteiger partial charge in [-0.25, -0.2) is 4.98 Å². The number of hydrogen-bond acceptors (Lipinski definition) is 5. The fraction of sp³-hybridized carbons (Fsp3) is 0.381. The van der Waals surface area contributed by atoms with Gasteiger partial charge in [0, 0.05) is 24.6 Å². The number of ether oxygens (including phenoxy) is 2. The van der Waals surface area contributed by atoms with Gasteiger partial charge in [0.25, 0.3) is 0 Å². The number of methoxy groups -OCH3 is 2. The maximum absolute atomic E-state index is 5.55. The number of para-hydroxylation sites is 1. The van der Waals surface area contributed by atoms with Gasteiger partial charge < -0.3 is 9.47 Å². The Labute approximate surface area is 158 Å². The molecule has 0 amide bonds. The second-order valence-electron chi connectivity index (χ2n) is 6.77. The number of rotatable bonds is 5. The molecule has 5 heteroatoms. The van der Waals surface area contributed by atoms with E-state index < -0.39 is 0 Å². The van der Waals surface area contributed by atoms with Crippen LogP contribution in [-0.4, -0.2) is 37.2 Å². The van der Waals surface area contributed by atoms with Crippen LogP contribution in [-0.2, 0) is 6.54 Å². The molecule has 4 nitrogen and oxygen atoms in total. The van der Waals surface area contributed by atoms with Crippen LogP contribution in [0.4, 0.5) is 0 Å². The first-order valence-electron chi connectivity index (χ1n) is 9.05. The van der Waals surface area contributed by atoms with Crippen LogP contribution in [0.3, 0.4) is 0 Å². The van der Waals surface area contributed by atoms with E-state index in [0.717, 1.165) is 36.6 Å². The molecule has 0 unspecified atom stereocenters. The highest BCUT2D eigenvalue weighted by molar-refractivity contribution is 7.18. The lowest BCUT2D eigenvalue weighted by Crippen LogP contribution is -2.34. The smallest absolute Gasteiger partial charge is 0.123 e. The van der Waals surface area contributed by atoms with Gasteiger partial charge in [-0.05, 0) is 49.7 Å². The van der Waals surface area contributed by atoms with E-state index in [1.807, 2.05) is 23.5 Å². The summed E-state index contributed by atoms with van der Waals surface area (Å²) in [6.45, 7) is 3.03. The summed E-state index contributed by atoms with van der Waals surface area (Å²) in [6.07, 6.45) is 2.42. The van der Waals surface area contributed by atoms with Crippen LogP contribution in [0.1, 0.15) is 29.3 Å². The van der Waals surface area contributed by atoms with E-state index in [2.05, 4.69) is 35.2 Å². The van der Waals surface area contributed by atoms with Gasteiger partial charge in [0.1, 0.15) is 11.5 Å². The minimum atomic E-state index is 0.512. The molecular weight excluding hydrogens is 344 g/mol. The predicted octanol–water partition coefficient (Wildman–Crippen LogP) is 4.69. The Balaban J connectivity index is 1.52. The number of hydrogen-bond donors (Lipinski definition) is 0. The van der Waals surface area contributed by atoms with Gasteiger partial charge in [-0.15, -0.1) is 11.3 Å². The highest BCUT2D eigenvalue weighted by Crippen LogP contribution is 2.34. The third kappa shape index (κ3) is 3.55. The van der Waals surface area contributed by atoms with Gasteiger partial charge in [-0.2, -0.15) is 0 Å². The SMILES string of the molecule is COc1ccc(OC)c(CN2CCC[C@@H](c3nc4ccccc4s3)C2)c1. The van der Waals surface area contributed by atoms with Gasteiger partial charge in [0.05, 0.1) is 29.4 Å². The largest absolute Gasteiger partial charge is 0.497 e. The number of nitrogens with zero attached hydrogens (tertiary/aromatic N) is 2. The van der Waals surface area contributed by atoms with Crippen molar-refractivity contribution in [2.75, 3.05) is 27.3 Å². The molecule has 2 aromatic carbocycles. The molecule has 1 aliphatic heterocycles. The van der Waals surface area contributed by atoms with Gasteiger partial charge in [-0.3, -0.25) is 4.90 Å². The number of piperidine rings is 1. The van der Waals surface area contributed by atoms with Crippen LogP contribution in [0.5, 0.6) is 11.5 Å². The van der Waals surface area contributed by atoms with Gasteiger partial charge in [0.2, 0.25) is 0 Å². The van der Waals surface area contributed by atoms with E-state index in [4.69, 9.17) is 14.5 Å². The Hall–Kier alpha value is -2.11. The third-order valence-corrected chi connectivity index (χ3v) is 6.25. The molecule has 3 aromatic rings. The molecule has 136 valence electrons. The molecule has 1 fully saturated rings. The van der Waals surface area contributed by atoms with Crippen molar-refractivity contribution in [3.8, 4) is 11.5 Å². The van der Waals surface area contributed by atoms with E-state index >= 15 is 0 Å². The molecule has 1 aliphatic rings. The molecular formula is C21H24N2O2S. The number of thiazole rings is 1. The Kier molecular flexibility index (Phi) is 5.09. The highest BCUT2D eigenvalue weighted by Gasteiger charge is 2.24. The van der Waals surface area contributed by atoms with Crippen LogP contribution in [0.15, 0.2) is 42.5 Å². The van der Waals surface area contributed by atoms with Crippen LogP contribution in [0.2, 0.25) is 0 Å². The lowest BCUT2D eigenvalue weighted by Gasteiger charge is -2.32. The van der Waals surface area contributed by atoms with E-state index in [-0.39, 0.29) is 0 Å². The van der Waals surface area contributed by atoms with Crippen molar-refractivity contribution in [1.29, 1.82) is 0 Å². The topological polar surface area (TPSA) is 34.6 Å². The predicted molar refractivity (Wildman–Crippen MR) is 106 cm³/mol. The second-order valence-corrected chi connectivity index (χ2v) is 7.83. The number of fused-ring (bicyclic) bond motifs is 1. The second kappa shape index (κ2) is 7.64. The summed E-state index contributed by atoms with van der Waals surface area (Å²) in [7, 11) is 3.43. The molecule has 1 aromatic heterocycles. The average molecular weight is 369 g/mol. The lowest BCUT2D eigenvalue weighted by atomic mass is 9.98. The van der Waals surface area contributed by atoms with Gasteiger partial charge in [0.15, 0.2) is 0 Å². The monoisotopic (exact) mass is 368 g/mol. The summed E-state index contributed by atoms with van der Waals surface area (Å²) in [5, 5.41) is 1.27. The Morgan fingerprint density at radius 2 is 2.04 bits per heavy atom. The molecule has 0 aliphatic carbocycles. The summed E-state index contributed by atoms with van der Waals surface area (Å²) >= 11 is 1.84. The summed E-state index contributed by atoms with van der Waals surface area (Å²) in [6, 6.07) is 14.4. The van der Waals surface area contributed by atoms with Crippen molar-refractivity contribution in [3.05, 3.63) is 53.0 Å². The van der Waals surface area contributed by atoms with Crippen molar-refractivity contribution >= 4 is 21.6 Å². The number of aromatic nitrogens is 1. The lowest BCUT2D eigenvalue weighted by molar-refractivity contribution is 0.197. The standard InChI is InChI=1S/C21H24N2O2S/c1-24-17-9-10-19(25-2)16(12-17)14-23-11-5-6-15(13-23)21-22-18-7-3-4-8-20(18)26-21/h3-4,7-10,12,15H,5-6,11,13-14H2,1-2H3/t15-/m1/s1. The normalized spacial score (nSPS) is 18.2. The molecule has 4 rings (SSSR count). The zero-order valence-electron chi connectivity index (χ0n) is 15.3. The molecule has 0 bridgehead atoms. The molecule has 2 heterocycles. The van der Waals surface area contributed by atoms with Crippen LogP contribution >= 0.6 is 11.3 Å². The van der Waals surface area contributed by atoms with E-state index in [0.29, 0.717) is 5.92 Å². The first kappa shape index (κ1) is 17.3. The highest BCUT2D eigenvalue weighted by atomic mass is 32.1. The maximum atomic E-state index is 5.55. The summed E-state index contributed by atoms with van der Waals surface area (Å²) in [4.78, 5) is 7.40. The van der Waals surface area contributed by atoms with Crippen molar-refractivity contribution in [2.45, 2.75) is 25.3 Å². The molecule has 1 atom stereocenters. The van der Waals surface area contributed by atoms with Crippen molar-refractivity contribution in [1.82, 2.24) is 9.88 Å². The van der Waals surface area contributed by atoms with Crippen molar-refractivity contribution < 1.29 is 9.47 Å². The average Bonchev–Trinajstić information content (AvgIpc) is 3.12. The Morgan fingerprint density at radius 1 is 1.15 bits per heavy atom. The van der Waals surface area contributed by atoms with Crippen molar-refractivity contribution in [2.24, 2.45) is 0 Å². The molecule has 0 spiro atoms. The molecule has 1 saturated heterocycles. The Bertz CT molecular complexity index is 860. The Morgan fingerprint density at radius 3 is 2.85 bits per heavy atom. The minimum Gasteiger partial charge on any atom is -0.497 e. The van der Waals surface area contributed by atoms with Gasteiger partial charge >= 0.3 is 0 Å². The van der Waals surface area contributed by atoms with Crippen LogP contribution in [0, 0.1) is 0 Å². The molecule has 0 saturated carbocycles. The maximum Gasteiger partial charge on any atom is 0.123 e. The fourth-order valence-electron chi connectivity index (χ4n) is 3.71. The van der Waals surface area contributed by atoms with Crippen molar-refractivity contribution in [3.63, 3.8) is 0 Å². The summed E-state index contributed by atoms with van der Waals surface area (Å²) < 4.78 is 12.2. The zero-order chi connectivity index (χ0) is 17.9. The number of likely N-dealkylation sites (tertiary alicyclic amines) is 1. The van der Waals surface area contributed by atoms with E-state index in [9.17, 15) is 0 Å². The quantitative estimate of drug-likeness (QED) is 0.654. The first-order valence-corrected chi connectivity index (χ1v) is 9.87. The number of benzene rings is 2. The van der Waals surface area contributed by atoms with E-state index in [1.54, 1.807) is 14.2 Å².